The molecular weight excluding hydrogens is 438 g/mol. The first kappa shape index (κ1) is 23.3. The zero-order valence-corrected chi connectivity index (χ0v) is 20.4. The van der Waals surface area contributed by atoms with E-state index in [-0.39, 0.29) is 17.6 Å². The smallest absolute Gasteiger partial charge is 0.150 e. The van der Waals surface area contributed by atoms with Gasteiger partial charge in [0.05, 0.1) is 0 Å². The van der Waals surface area contributed by atoms with Crippen molar-refractivity contribution in [3.63, 3.8) is 0 Å². The number of ether oxygens (including phenoxy) is 2. The molecule has 0 bridgehead atoms. The maximum absolute atomic E-state index is 10.1. The standard InChI is InChI=1S/C30H33NO4/c1-20(31-15-4-3-5-16-31)19-34-26-12-9-22(10-13-26)30-29(23-7-6-8-24(32)17-23)21(2)27-18-25(33)11-14-28(27)35-30/h6-14,17-18,20,30,32-33H,3-5,15-16,19H2,1-2H3. The topological polar surface area (TPSA) is 62.2 Å². The van der Waals surface area contributed by atoms with Gasteiger partial charge in [0.2, 0.25) is 0 Å². The third-order valence-corrected chi connectivity index (χ3v) is 7.12. The van der Waals surface area contributed by atoms with Gasteiger partial charge in [-0.25, -0.2) is 0 Å². The highest BCUT2D eigenvalue weighted by Crippen LogP contribution is 2.47. The summed E-state index contributed by atoms with van der Waals surface area (Å²) in [6, 6.07) is 20.9. The molecule has 0 aliphatic carbocycles. The third-order valence-electron chi connectivity index (χ3n) is 7.12. The molecule has 0 aromatic heterocycles. The van der Waals surface area contributed by atoms with Gasteiger partial charge in [-0.3, -0.25) is 4.90 Å². The minimum absolute atomic E-state index is 0.195. The number of nitrogens with zero attached hydrogens (tertiary/aromatic N) is 1. The monoisotopic (exact) mass is 471 g/mol. The molecule has 5 rings (SSSR count). The summed E-state index contributed by atoms with van der Waals surface area (Å²) in [5.41, 5.74) is 4.71. The number of hydrogen-bond acceptors (Lipinski definition) is 5. The van der Waals surface area contributed by atoms with Crippen LogP contribution in [0.1, 0.15) is 55.9 Å². The Hall–Kier alpha value is -3.44. The normalized spacial score (nSPS) is 19.1. The largest absolute Gasteiger partial charge is 0.508 e. The molecule has 3 aromatic rings. The molecule has 2 atom stereocenters. The van der Waals surface area contributed by atoms with Crippen LogP contribution in [0.4, 0.5) is 0 Å². The van der Waals surface area contributed by atoms with Crippen molar-refractivity contribution in [1.29, 1.82) is 0 Å². The van der Waals surface area contributed by atoms with Crippen molar-refractivity contribution in [3.05, 3.63) is 83.4 Å². The maximum atomic E-state index is 10.1. The molecule has 0 saturated carbocycles. The van der Waals surface area contributed by atoms with E-state index in [0.717, 1.165) is 52.4 Å². The van der Waals surface area contributed by atoms with E-state index >= 15 is 0 Å². The van der Waals surface area contributed by atoms with Crippen molar-refractivity contribution >= 4 is 11.1 Å². The quantitative estimate of drug-likeness (QED) is 0.435. The predicted octanol–water partition coefficient (Wildman–Crippen LogP) is 6.42. The second-order valence-electron chi connectivity index (χ2n) is 9.59. The summed E-state index contributed by atoms with van der Waals surface area (Å²) in [4.78, 5) is 2.51. The molecule has 0 amide bonds. The summed E-state index contributed by atoms with van der Waals surface area (Å²) in [7, 11) is 0. The number of aromatic hydroxyl groups is 2. The fourth-order valence-corrected chi connectivity index (χ4v) is 5.14. The highest BCUT2D eigenvalue weighted by atomic mass is 16.5. The van der Waals surface area contributed by atoms with Crippen LogP contribution in [0.25, 0.3) is 11.1 Å². The van der Waals surface area contributed by atoms with Gasteiger partial charge in [0.25, 0.3) is 0 Å². The lowest BCUT2D eigenvalue weighted by atomic mass is 9.86. The lowest BCUT2D eigenvalue weighted by Gasteiger charge is -2.32. The zero-order valence-electron chi connectivity index (χ0n) is 20.4. The van der Waals surface area contributed by atoms with Crippen LogP contribution in [0.3, 0.4) is 0 Å². The minimum atomic E-state index is -0.352. The minimum Gasteiger partial charge on any atom is -0.508 e. The molecular formula is C30H33NO4. The molecule has 1 fully saturated rings. The Labute approximate surface area is 207 Å². The molecule has 1 saturated heterocycles. The second-order valence-corrected chi connectivity index (χ2v) is 9.59. The number of fused-ring (bicyclic) bond motifs is 1. The molecule has 5 heteroatoms. The maximum Gasteiger partial charge on any atom is 0.150 e. The fraction of sp³-hybridized carbons (Fsp3) is 0.333. The van der Waals surface area contributed by atoms with Gasteiger partial charge >= 0.3 is 0 Å². The summed E-state index contributed by atoms with van der Waals surface area (Å²) in [6.07, 6.45) is 3.53. The third kappa shape index (κ3) is 5.01. The Bertz CT molecular complexity index is 1210. The van der Waals surface area contributed by atoms with Crippen LogP contribution in [-0.4, -0.2) is 40.9 Å². The SMILES string of the molecule is CC1=C(c2cccc(O)c2)C(c2ccc(OCC(C)N3CCCCC3)cc2)Oc2ccc(O)cc21. The Morgan fingerprint density at radius 2 is 1.69 bits per heavy atom. The second kappa shape index (κ2) is 10.0. The van der Waals surface area contributed by atoms with Gasteiger partial charge in [-0.1, -0.05) is 30.7 Å². The fourth-order valence-electron chi connectivity index (χ4n) is 5.14. The van der Waals surface area contributed by atoms with Gasteiger partial charge in [0.15, 0.2) is 0 Å². The van der Waals surface area contributed by atoms with Crippen molar-refractivity contribution in [1.82, 2.24) is 4.90 Å². The van der Waals surface area contributed by atoms with Crippen molar-refractivity contribution in [2.24, 2.45) is 0 Å². The number of allylic oxidation sites excluding steroid dienone is 1. The van der Waals surface area contributed by atoms with Crippen LogP contribution in [0.5, 0.6) is 23.0 Å². The van der Waals surface area contributed by atoms with Crippen molar-refractivity contribution in [3.8, 4) is 23.0 Å². The molecule has 182 valence electrons. The van der Waals surface area contributed by atoms with Crippen molar-refractivity contribution < 1.29 is 19.7 Å². The van der Waals surface area contributed by atoms with Gasteiger partial charge in [-0.05, 0) is 98.9 Å². The number of hydrogen-bond donors (Lipinski definition) is 2. The Morgan fingerprint density at radius 1 is 0.943 bits per heavy atom. The predicted molar refractivity (Wildman–Crippen MR) is 139 cm³/mol. The van der Waals surface area contributed by atoms with Gasteiger partial charge in [0.1, 0.15) is 35.7 Å². The average molecular weight is 472 g/mol. The van der Waals surface area contributed by atoms with E-state index in [2.05, 4.69) is 11.8 Å². The molecule has 0 spiro atoms. The van der Waals surface area contributed by atoms with E-state index < -0.39 is 0 Å². The summed E-state index contributed by atoms with van der Waals surface area (Å²) in [6.45, 7) is 7.26. The molecule has 3 aromatic carbocycles. The van der Waals surface area contributed by atoms with E-state index in [1.54, 1.807) is 30.3 Å². The Morgan fingerprint density at radius 3 is 2.43 bits per heavy atom. The van der Waals surface area contributed by atoms with E-state index in [9.17, 15) is 10.2 Å². The molecule has 35 heavy (non-hydrogen) atoms. The average Bonchev–Trinajstić information content (AvgIpc) is 2.88. The molecule has 0 radical (unpaired) electrons. The molecule has 2 N–H and O–H groups in total. The summed E-state index contributed by atoms with van der Waals surface area (Å²) < 4.78 is 12.6. The first-order valence-electron chi connectivity index (χ1n) is 12.5. The molecule has 2 aliphatic heterocycles. The number of likely N-dealkylation sites (tertiary alicyclic amines) is 1. The lowest BCUT2D eigenvalue weighted by molar-refractivity contribution is 0.125. The highest BCUT2D eigenvalue weighted by molar-refractivity contribution is 5.95. The van der Waals surface area contributed by atoms with Crippen LogP contribution >= 0.6 is 0 Å². The number of phenolic OH excluding ortho intramolecular Hbond substituents is 2. The van der Waals surface area contributed by atoms with Crippen LogP contribution in [0.2, 0.25) is 0 Å². The first-order chi connectivity index (χ1) is 17.0. The summed E-state index contributed by atoms with van der Waals surface area (Å²) in [5, 5.41) is 20.2. The van der Waals surface area contributed by atoms with E-state index in [1.807, 2.05) is 43.3 Å². The van der Waals surface area contributed by atoms with Gasteiger partial charge in [-0.2, -0.15) is 0 Å². The summed E-state index contributed by atoms with van der Waals surface area (Å²) >= 11 is 0. The highest BCUT2D eigenvalue weighted by Gasteiger charge is 2.29. The lowest BCUT2D eigenvalue weighted by Crippen LogP contribution is -2.40. The zero-order chi connectivity index (χ0) is 24.4. The van der Waals surface area contributed by atoms with Crippen LogP contribution in [0, 0.1) is 0 Å². The van der Waals surface area contributed by atoms with Gasteiger partial charge in [-0.15, -0.1) is 0 Å². The van der Waals surface area contributed by atoms with Crippen LogP contribution in [-0.2, 0) is 0 Å². The summed E-state index contributed by atoms with van der Waals surface area (Å²) in [5.74, 6) is 1.97. The molecule has 2 aliphatic rings. The number of phenols is 2. The molecule has 2 unspecified atom stereocenters. The molecule has 2 heterocycles. The number of piperidine rings is 1. The van der Waals surface area contributed by atoms with Crippen molar-refractivity contribution in [2.75, 3.05) is 19.7 Å². The Kier molecular flexibility index (Phi) is 6.69. The Balaban J connectivity index is 1.40. The van der Waals surface area contributed by atoms with Crippen LogP contribution in [0.15, 0.2) is 66.7 Å². The molecule has 5 nitrogen and oxygen atoms in total. The number of rotatable bonds is 6. The van der Waals surface area contributed by atoms with E-state index in [0.29, 0.717) is 12.6 Å². The first-order valence-corrected chi connectivity index (χ1v) is 12.5. The van der Waals surface area contributed by atoms with Gasteiger partial charge in [0, 0.05) is 17.2 Å². The van der Waals surface area contributed by atoms with Crippen LogP contribution < -0.4 is 9.47 Å². The van der Waals surface area contributed by atoms with E-state index in [1.165, 1.54) is 19.3 Å². The number of benzene rings is 3. The van der Waals surface area contributed by atoms with Crippen molar-refractivity contribution in [2.45, 2.75) is 45.3 Å². The van der Waals surface area contributed by atoms with E-state index in [4.69, 9.17) is 9.47 Å². The van der Waals surface area contributed by atoms with Gasteiger partial charge < -0.3 is 19.7 Å².